The van der Waals surface area contributed by atoms with Gasteiger partial charge in [-0.1, -0.05) is 48.5 Å². The standard InChI is InChI=1S/C17H19NO2/c1-13-15(12-20-17(19)18(2)3)10-7-11-16(13)14-8-5-4-6-9-14/h4-11H,12H2,1-3H3. The maximum Gasteiger partial charge on any atom is 0.409 e. The highest BCUT2D eigenvalue weighted by molar-refractivity contribution is 5.69. The fraction of sp³-hybridized carbons (Fsp3) is 0.235. The molecule has 0 saturated carbocycles. The molecule has 3 heteroatoms. The van der Waals surface area contributed by atoms with E-state index >= 15 is 0 Å². The summed E-state index contributed by atoms with van der Waals surface area (Å²) < 4.78 is 5.25. The summed E-state index contributed by atoms with van der Waals surface area (Å²) in [6.45, 7) is 2.35. The fourth-order valence-electron chi connectivity index (χ4n) is 2.04. The summed E-state index contributed by atoms with van der Waals surface area (Å²) in [5.74, 6) is 0. The van der Waals surface area contributed by atoms with Crippen molar-refractivity contribution in [1.29, 1.82) is 0 Å². The van der Waals surface area contributed by atoms with Crippen molar-refractivity contribution in [1.82, 2.24) is 4.90 Å². The van der Waals surface area contributed by atoms with Crippen LogP contribution in [0.1, 0.15) is 11.1 Å². The third-order valence-corrected chi connectivity index (χ3v) is 3.25. The van der Waals surface area contributed by atoms with Gasteiger partial charge in [0.15, 0.2) is 0 Å². The van der Waals surface area contributed by atoms with Crippen LogP contribution >= 0.6 is 0 Å². The molecule has 104 valence electrons. The van der Waals surface area contributed by atoms with E-state index in [9.17, 15) is 4.79 Å². The van der Waals surface area contributed by atoms with Gasteiger partial charge in [-0.15, -0.1) is 0 Å². The van der Waals surface area contributed by atoms with Crippen LogP contribution in [-0.2, 0) is 11.3 Å². The lowest BCUT2D eigenvalue weighted by Crippen LogP contribution is -2.22. The molecule has 0 aliphatic heterocycles. The molecular weight excluding hydrogens is 250 g/mol. The molecule has 0 saturated heterocycles. The van der Waals surface area contributed by atoms with Gasteiger partial charge in [0.25, 0.3) is 0 Å². The van der Waals surface area contributed by atoms with E-state index in [1.54, 1.807) is 14.1 Å². The molecule has 2 rings (SSSR count). The number of carbonyl (C=O) groups excluding carboxylic acids is 1. The van der Waals surface area contributed by atoms with Crippen molar-refractivity contribution in [3.05, 3.63) is 59.7 Å². The van der Waals surface area contributed by atoms with Gasteiger partial charge in [-0.05, 0) is 29.2 Å². The van der Waals surface area contributed by atoms with E-state index in [0.717, 1.165) is 11.1 Å². The molecule has 20 heavy (non-hydrogen) atoms. The minimum absolute atomic E-state index is 0.295. The van der Waals surface area contributed by atoms with Crippen LogP contribution in [0.2, 0.25) is 0 Å². The molecule has 0 spiro atoms. The molecular formula is C17H19NO2. The molecule has 0 heterocycles. The van der Waals surface area contributed by atoms with Crippen molar-refractivity contribution >= 4 is 6.09 Å². The van der Waals surface area contributed by atoms with E-state index in [1.807, 2.05) is 30.3 Å². The molecule has 2 aromatic rings. The topological polar surface area (TPSA) is 29.5 Å². The molecule has 0 fully saturated rings. The molecule has 1 amide bonds. The second-order valence-electron chi connectivity index (χ2n) is 4.90. The Hall–Kier alpha value is -2.29. The van der Waals surface area contributed by atoms with E-state index in [4.69, 9.17) is 4.74 Å². The normalized spacial score (nSPS) is 10.2. The van der Waals surface area contributed by atoms with Gasteiger partial charge in [-0.25, -0.2) is 4.79 Å². The van der Waals surface area contributed by atoms with Gasteiger partial charge in [-0.2, -0.15) is 0 Å². The third-order valence-electron chi connectivity index (χ3n) is 3.25. The smallest absolute Gasteiger partial charge is 0.409 e. The van der Waals surface area contributed by atoms with Gasteiger partial charge in [-0.3, -0.25) is 0 Å². The Labute approximate surface area is 119 Å². The first-order chi connectivity index (χ1) is 9.59. The van der Waals surface area contributed by atoms with Crippen molar-refractivity contribution in [3.8, 4) is 11.1 Å². The monoisotopic (exact) mass is 269 g/mol. The molecule has 0 bridgehead atoms. The average molecular weight is 269 g/mol. The molecule has 0 N–H and O–H groups in total. The van der Waals surface area contributed by atoms with Crippen LogP contribution in [0.25, 0.3) is 11.1 Å². The molecule has 3 nitrogen and oxygen atoms in total. The van der Waals surface area contributed by atoms with Crippen molar-refractivity contribution in [3.63, 3.8) is 0 Å². The third kappa shape index (κ3) is 3.18. The first-order valence-corrected chi connectivity index (χ1v) is 6.57. The van der Waals surface area contributed by atoms with Crippen LogP contribution in [0.15, 0.2) is 48.5 Å². The van der Waals surface area contributed by atoms with Crippen molar-refractivity contribution in [2.45, 2.75) is 13.5 Å². The SMILES string of the molecule is Cc1c(COC(=O)N(C)C)cccc1-c1ccccc1. The average Bonchev–Trinajstić information content (AvgIpc) is 2.46. The van der Waals surface area contributed by atoms with Crippen molar-refractivity contribution < 1.29 is 9.53 Å². The number of nitrogens with zero attached hydrogens (tertiary/aromatic N) is 1. The summed E-state index contributed by atoms with van der Waals surface area (Å²) in [5, 5.41) is 0. The maximum absolute atomic E-state index is 11.5. The zero-order valence-corrected chi connectivity index (χ0v) is 12.1. The Balaban J connectivity index is 2.22. The quantitative estimate of drug-likeness (QED) is 0.846. The Morgan fingerprint density at radius 3 is 2.40 bits per heavy atom. The number of hydrogen-bond donors (Lipinski definition) is 0. The number of hydrogen-bond acceptors (Lipinski definition) is 2. The maximum atomic E-state index is 11.5. The van der Waals surface area contributed by atoms with E-state index in [2.05, 4.69) is 25.1 Å². The fourth-order valence-corrected chi connectivity index (χ4v) is 2.04. The Morgan fingerprint density at radius 2 is 1.75 bits per heavy atom. The largest absolute Gasteiger partial charge is 0.445 e. The highest BCUT2D eigenvalue weighted by atomic mass is 16.6. The van der Waals surface area contributed by atoms with Gasteiger partial charge < -0.3 is 9.64 Å². The summed E-state index contributed by atoms with van der Waals surface area (Å²) in [7, 11) is 3.35. The molecule has 0 unspecified atom stereocenters. The van der Waals surface area contributed by atoms with Crippen LogP contribution < -0.4 is 0 Å². The van der Waals surface area contributed by atoms with Crippen LogP contribution in [-0.4, -0.2) is 25.1 Å². The molecule has 0 atom stereocenters. The Bertz CT molecular complexity index is 591. The van der Waals surface area contributed by atoms with Crippen LogP contribution in [0.5, 0.6) is 0 Å². The van der Waals surface area contributed by atoms with Crippen LogP contribution in [0, 0.1) is 6.92 Å². The molecule has 0 aliphatic rings. The Kier molecular flexibility index (Phi) is 4.41. The number of ether oxygens (including phenoxy) is 1. The summed E-state index contributed by atoms with van der Waals surface area (Å²) in [4.78, 5) is 12.9. The summed E-state index contributed by atoms with van der Waals surface area (Å²) >= 11 is 0. The van der Waals surface area contributed by atoms with Gasteiger partial charge >= 0.3 is 6.09 Å². The second-order valence-corrected chi connectivity index (χ2v) is 4.90. The summed E-state index contributed by atoms with van der Waals surface area (Å²) in [5.41, 5.74) is 4.52. The van der Waals surface area contributed by atoms with E-state index in [0.29, 0.717) is 6.61 Å². The first kappa shape index (κ1) is 14.1. The number of amides is 1. The van der Waals surface area contributed by atoms with E-state index in [-0.39, 0.29) is 6.09 Å². The predicted octanol–water partition coefficient (Wildman–Crippen LogP) is 3.86. The molecule has 0 aromatic heterocycles. The van der Waals surface area contributed by atoms with Crippen LogP contribution in [0.3, 0.4) is 0 Å². The lowest BCUT2D eigenvalue weighted by Gasteiger charge is -2.14. The highest BCUT2D eigenvalue weighted by Gasteiger charge is 2.09. The molecule has 2 aromatic carbocycles. The van der Waals surface area contributed by atoms with E-state index < -0.39 is 0 Å². The highest BCUT2D eigenvalue weighted by Crippen LogP contribution is 2.25. The van der Waals surface area contributed by atoms with Crippen molar-refractivity contribution in [2.75, 3.05) is 14.1 Å². The van der Waals surface area contributed by atoms with Crippen molar-refractivity contribution in [2.24, 2.45) is 0 Å². The summed E-state index contributed by atoms with van der Waals surface area (Å²) in [6, 6.07) is 16.3. The van der Waals surface area contributed by atoms with Gasteiger partial charge in [0, 0.05) is 14.1 Å². The zero-order chi connectivity index (χ0) is 14.5. The predicted molar refractivity (Wildman–Crippen MR) is 80.5 cm³/mol. The lowest BCUT2D eigenvalue weighted by molar-refractivity contribution is 0.112. The minimum Gasteiger partial charge on any atom is -0.445 e. The van der Waals surface area contributed by atoms with Gasteiger partial charge in [0.05, 0.1) is 0 Å². The number of benzene rings is 2. The first-order valence-electron chi connectivity index (χ1n) is 6.57. The van der Waals surface area contributed by atoms with Gasteiger partial charge in [0.1, 0.15) is 6.61 Å². The minimum atomic E-state index is -0.325. The molecule has 0 radical (unpaired) electrons. The number of rotatable bonds is 3. The Morgan fingerprint density at radius 1 is 1.05 bits per heavy atom. The summed E-state index contributed by atoms with van der Waals surface area (Å²) in [6.07, 6.45) is -0.325. The molecule has 0 aliphatic carbocycles. The number of carbonyl (C=O) groups is 1. The second kappa shape index (κ2) is 6.24. The van der Waals surface area contributed by atoms with Gasteiger partial charge in [0.2, 0.25) is 0 Å². The zero-order valence-electron chi connectivity index (χ0n) is 12.1. The van der Waals surface area contributed by atoms with Crippen LogP contribution in [0.4, 0.5) is 4.79 Å². The van der Waals surface area contributed by atoms with E-state index in [1.165, 1.54) is 16.0 Å². The lowest BCUT2D eigenvalue weighted by atomic mass is 9.97.